The molecule has 17 rings (SSSR count). The molecule has 3 saturated heterocycles. The van der Waals surface area contributed by atoms with Crippen molar-refractivity contribution in [2.75, 3.05) is 0 Å². The zero-order valence-electron chi connectivity index (χ0n) is 51.2. The third kappa shape index (κ3) is 7.71. The van der Waals surface area contributed by atoms with Gasteiger partial charge in [0.25, 0.3) is 0 Å². The molecule has 0 saturated carbocycles. The molecule has 2 spiro atoms. The zero-order valence-corrected chi connectivity index (χ0v) is 51.9. The van der Waals surface area contributed by atoms with E-state index in [2.05, 4.69) is 228 Å². The summed E-state index contributed by atoms with van der Waals surface area (Å²) in [5, 5.41) is 5.93. The summed E-state index contributed by atoms with van der Waals surface area (Å²) in [6.45, 7) is 24.7. The van der Waals surface area contributed by atoms with E-state index in [9.17, 15) is 0 Å². The number of fused-ring (bicyclic) bond motifs is 24. The molecule has 10 heteroatoms. The van der Waals surface area contributed by atoms with E-state index in [0.29, 0.717) is 0 Å². The summed E-state index contributed by atoms with van der Waals surface area (Å²) in [6.07, 6.45) is 0. The largest absolute Gasteiger partial charge is 0.494 e. The van der Waals surface area contributed by atoms with Gasteiger partial charge < -0.3 is 27.9 Å². The van der Waals surface area contributed by atoms with Crippen molar-refractivity contribution in [2.24, 2.45) is 0 Å². The van der Waals surface area contributed by atoms with Gasteiger partial charge in [-0.2, -0.15) is 0 Å². The molecule has 0 atom stereocenters. The van der Waals surface area contributed by atoms with Crippen molar-refractivity contribution < 1.29 is 27.9 Å². The van der Waals surface area contributed by atoms with Gasteiger partial charge in [-0.25, -0.2) is 0 Å². The van der Waals surface area contributed by atoms with Gasteiger partial charge >= 0.3 is 21.1 Å². The minimum Gasteiger partial charge on any atom is -0.405 e. The first-order valence-electron chi connectivity index (χ1n) is 30.5. The predicted molar refractivity (Wildman–Crippen MR) is 353 cm³/mol. The summed E-state index contributed by atoms with van der Waals surface area (Å²) in [5.74, 6) is 0. The second kappa shape index (κ2) is 19.0. The number of halogens is 1. The molecule has 3 heterocycles. The van der Waals surface area contributed by atoms with Crippen LogP contribution in [0.2, 0.25) is 5.02 Å². The highest BCUT2D eigenvalue weighted by atomic mass is 35.5. The average Bonchev–Trinajstić information content (AvgIpc) is 1.52. The first-order valence-corrected chi connectivity index (χ1v) is 30.8. The number of rotatable bonds is 2. The zero-order chi connectivity index (χ0) is 59.7. The molecule has 0 N–H and O–H groups in total. The lowest BCUT2D eigenvalue weighted by Crippen LogP contribution is -2.41. The van der Waals surface area contributed by atoms with E-state index in [1.807, 2.05) is 61.5 Å². The van der Waals surface area contributed by atoms with Crippen LogP contribution in [0.5, 0.6) is 0 Å². The third-order valence-electron chi connectivity index (χ3n) is 21.2. The molecule has 86 heavy (non-hydrogen) atoms. The molecule has 426 valence electrons. The van der Waals surface area contributed by atoms with Crippen LogP contribution < -0.4 is 5.46 Å². The Bertz CT molecular complexity index is 4290. The lowest BCUT2D eigenvalue weighted by Gasteiger charge is -2.32. The summed E-state index contributed by atoms with van der Waals surface area (Å²) >= 11 is 6.60. The van der Waals surface area contributed by atoms with Crippen LogP contribution in [0, 0.1) is 0 Å². The Kier molecular flexibility index (Phi) is 12.3. The maximum Gasteiger partial charge on any atom is 0.494 e. The lowest BCUT2D eigenvalue weighted by atomic mass is 9.49. The number of benzene rings is 10. The van der Waals surface area contributed by atoms with Crippen LogP contribution in [-0.2, 0) is 38.8 Å². The van der Waals surface area contributed by atoms with Gasteiger partial charge in [-0.1, -0.05) is 206 Å². The second-order valence-electron chi connectivity index (χ2n) is 27.4. The van der Waals surface area contributed by atoms with Crippen molar-refractivity contribution in [1.82, 2.24) is 0 Å². The molecular weight excluding hydrogens is 1080 g/mol. The minimum atomic E-state index is -0.476. The summed E-state index contributed by atoms with van der Waals surface area (Å²) in [5.41, 5.74) is 19.4. The van der Waals surface area contributed by atoms with Crippen LogP contribution in [-0.4, -0.2) is 54.7 Å². The van der Waals surface area contributed by atoms with Gasteiger partial charge in [0.2, 0.25) is 0 Å². The van der Waals surface area contributed by atoms with Crippen LogP contribution >= 0.6 is 11.6 Å². The molecule has 0 radical (unpaired) electrons. The van der Waals surface area contributed by atoms with E-state index < -0.39 is 21.1 Å². The normalized spacial score (nSPS) is 20.1. The molecule has 4 aliphatic carbocycles. The Morgan fingerprint density at radius 3 is 1.00 bits per heavy atom. The molecule has 0 amide bonds. The molecule has 7 aliphatic rings. The Morgan fingerprint density at radius 1 is 0.279 bits per heavy atom. The van der Waals surface area contributed by atoms with Gasteiger partial charge in [-0.3, -0.25) is 0 Å². The summed E-state index contributed by atoms with van der Waals surface area (Å²) in [6, 6.07) is 75.6. The fraction of sp³-hybridized carbons (Fsp3) is 0.263. The fourth-order valence-electron chi connectivity index (χ4n) is 14.9. The predicted octanol–water partition coefficient (Wildman–Crippen LogP) is 17.6. The lowest BCUT2D eigenvalue weighted by molar-refractivity contribution is 0.00578. The van der Waals surface area contributed by atoms with Crippen molar-refractivity contribution in [3.8, 4) is 44.5 Å². The molecule has 3 aliphatic heterocycles. The van der Waals surface area contributed by atoms with Crippen molar-refractivity contribution in [2.45, 2.75) is 128 Å². The van der Waals surface area contributed by atoms with Gasteiger partial charge in [0.1, 0.15) is 0 Å². The van der Waals surface area contributed by atoms with Crippen LogP contribution in [0.25, 0.3) is 66.1 Å². The van der Waals surface area contributed by atoms with Gasteiger partial charge in [0.15, 0.2) is 0 Å². The average molecular weight is 1150 g/mol. The number of hydrogen-bond donors (Lipinski definition) is 0. The number of hydrogen-bond acceptors (Lipinski definition) is 6. The van der Waals surface area contributed by atoms with E-state index in [1.54, 1.807) is 0 Å². The van der Waals surface area contributed by atoms with E-state index >= 15 is 0 Å². The van der Waals surface area contributed by atoms with Crippen molar-refractivity contribution in [3.05, 3.63) is 256 Å². The Balaban J connectivity index is 0.000000116. The molecule has 3 fully saturated rings. The quantitative estimate of drug-likeness (QED) is 0.161. The van der Waals surface area contributed by atoms with Crippen molar-refractivity contribution in [1.29, 1.82) is 0 Å². The fourth-order valence-corrected chi connectivity index (χ4v) is 15.1. The topological polar surface area (TPSA) is 55.4 Å². The second-order valence-corrected chi connectivity index (χ2v) is 27.9. The van der Waals surface area contributed by atoms with E-state index in [4.69, 9.17) is 39.5 Å². The third-order valence-corrected chi connectivity index (χ3v) is 21.5. The summed E-state index contributed by atoms with van der Waals surface area (Å²) in [7, 11) is -1.36. The maximum absolute atomic E-state index is 6.60. The molecule has 10 aromatic carbocycles. The van der Waals surface area contributed by atoms with Crippen LogP contribution in [0.4, 0.5) is 0 Å². The molecule has 0 bridgehead atoms. The maximum atomic E-state index is 6.60. The molecule has 6 nitrogen and oxygen atoms in total. The Morgan fingerprint density at radius 2 is 0.605 bits per heavy atom. The Hall–Kier alpha value is -7.04. The van der Waals surface area contributed by atoms with Gasteiger partial charge in [-0.05, 0) is 211 Å². The minimum absolute atomic E-state index is 0.327. The van der Waals surface area contributed by atoms with E-state index in [0.717, 1.165) is 10.5 Å². The highest BCUT2D eigenvalue weighted by Crippen LogP contribution is 2.66. The molecule has 0 aromatic heterocycles. The first-order chi connectivity index (χ1) is 41.0. The standard InChI is InChI=1S/C35H29BO2.C29H17Cl.C12H24B2O4/c1-33(2)34(3,4)38-36(37-33)23-18-19-27-31(21-23)35(30-20-17-22-11-5-6-12-24(22)32(27)30)28-15-9-7-13-25(28)26-14-8-10-16-29(26)35;30-19-14-15-23-27(17-19)29(26-16-13-18-7-1-2-8-20(18)28(23)26)24-11-5-3-9-21(24)22-10-4-6-12-25(22)29;1-9(2)10(3,4)16-13(15-9)14-17-11(5,6)12(7,8)18-14/h5-21H,1-4H3;1-17H;1-8H3. The van der Waals surface area contributed by atoms with Crippen LogP contribution in [0.3, 0.4) is 0 Å². The van der Waals surface area contributed by atoms with Crippen LogP contribution in [0.15, 0.2) is 206 Å². The van der Waals surface area contributed by atoms with Gasteiger partial charge in [0, 0.05) is 5.02 Å². The SMILES string of the molecule is CC1(C)OB(B2OC(C)(C)C(C)(C)O2)OC1(C)C.CC1(C)OB(c2ccc3c(c2)C2(c4ccccc4-c4ccccc42)c2ccc4ccccc4c2-3)OC1(C)C.Clc1ccc2c(c1)C1(c3ccccc3-c3ccccc31)c1ccc3ccccc3c1-2. The molecular formula is C76H70B3ClO6. The van der Waals surface area contributed by atoms with E-state index in [1.165, 1.54) is 111 Å². The molecule has 0 unspecified atom stereocenters. The summed E-state index contributed by atoms with van der Waals surface area (Å²) in [4.78, 5) is 0. The monoisotopic (exact) mass is 1150 g/mol. The van der Waals surface area contributed by atoms with Gasteiger partial charge in [0.05, 0.1) is 44.4 Å². The van der Waals surface area contributed by atoms with Crippen molar-refractivity contribution >= 4 is 59.7 Å². The van der Waals surface area contributed by atoms with E-state index in [-0.39, 0.29) is 44.4 Å². The highest BCUT2D eigenvalue weighted by molar-refractivity contribution is 7.11. The van der Waals surface area contributed by atoms with Crippen LogP contribution in [0.1, 0.15) is 128 Å². The van der Waals surface area contributed by atoms with Crippen molar-refractivity contribution in [3.63, 3.8) is 0 Å². The highest BCUT2D eigenvalue weighted by Gasteiger charge is 2.64. The molecule has 10 aromatic rings. The first kappa shape index (κ1) is 55.5. The van der Waals surface area contributed by atoms with Gasteiger partial charge in [-0.15, -0.1) is 0 Å². The summed E-state index contributed by atoms with van der Waals surface area (Å²) < 4.78 is 36.9. The smallest absolute Gasteiger partial charge is 0.405 e. The Labute approximate surface area is 512 Å².